The molecule has 0 unspecified atom stereocenters. The Hall–Kier alpha value is -7.94. The third-order valence-electron chi connectivity index (χ3n) is 13.3. The molecule has 11 aromatic rings. The maximum Gasteiger partial charge on any atom is 0.137 e. The summed E-state index contributed by atoms with van der Waals surface area (Å²) in [4.78, 5) is 2.45. The van der Waals surface area contributed by atoms with Gasteiger partial charge in [-0.3, -0.25) is 0 Å². The number of anilines is 3. The molecule has 0 saturated carbocycles. The van der Waals surface area contributed by atoms with Crippen LogP contribution in [-0.4, -0.2) is 0 Å². The number of hydrogen-bond acceptors (Lipinski definition) is 2. The van der Waals surface area contributed by atoms with E-state index >= 15 is 0 Å². The molecular weight excluding hydrogens is 739 g/mol. The number of rotatable bonds is 5. The Morgan fingerprint density at radius 2 is 0.787 bits per heavy atom. The SMILES string of the molecule is c1ccc(-c2ccc(N(c3ccc4c(c3)C3(c5ccccc5-c5ccccc53)c3ccccc3-4)c3cc4oc5cc6ccccc6cc5c4cc3-c3ccccc3)cc2)cc1. The van der Waals surface area contributed by atoms with Gasteiger partial charge in [0.15, 0.2) is 0 Å². The predicted octanol–water partition coefficient (Wildman–Crippen LogP) is 15.9. The number of furan rings is 1. The Kier molecular flexibility index (Phi) is 7.26. The van der Waals surface area contributed by atoms with E-state index in [2.05, 4.69) is 229 Å². The highest BCUT2D eigenvalue weighted by Crippen LogP contribution is 2.63. The van der Waals surface area contributed by atoms with Crippen molar-refractivity contribution < 1.29 is 4.42 Å². The van der Waals surface area contributed by atoms with Crippen LogP contribution in [0.15, 0.2) is 229 Å². The summed E-state index contributed by atoms with van der Waals surface area (Å²) in [6.07, 6.45) is 0. The van der Waals surface area contributed by atoms with Crippen molar-refractivity contribution in [2.45, 2.75) is 5.41 Å². The van der Waals surface area contributed by atoms with E-state index in [4.69, 9.17) is 4.42 Å². The van der Waals surface area contributed by atoms with Gasteiger partial charge in [0.25, 0.3) is 0 Å². The fourth-order valence-corrected chi connectivity index (χ4v) is 10.6. The monoisotopic (exact) mass is 775 g/mol. The first-order valence-electron chi connectivity index (χ1n) is 21.1. The minimum absolute atomic E-state index is 0.467. The van der Waals surface area contributed by atoms with E-state index in [1.54, 1.807) is 0 Å². The molecule has 0 aliphatic heterocycles. The minimum atomic E-state index is -0.467. The highest BCUT2D eigenvalue weighted by atomic mass is 16.3. The Balaban J connectivity index is 1.10. The molecule has 0 amide bonds. The zero-order valence-corrected chi connectivity index (χ0v) is 33.2. The van der Waals surface area contributed by atoms with E-state index in [1.165, 1.54) is 66.4 Å². The Bertz CT molecular complexity index is 3460. The molecule has 2 aliphatic rings. The fraction of sp³-hybridized carbons (Fsp3) is 0.0169. The molecule has 13 rings (SSSR count). The third kappa shape index (κ3) is 4.91. The average Bonchev–Trinajstić information content (AvgIpc) is 3.94. The molecule has 1 spiro atoms. The van der Waals surface area contributed by atoms with Crippen molar-refractivity contribution in [3.8, 4) is 44.5 Å². The second-order valence-electron chi connectivity index (χ2n) is 16.4. The topological polar surface area (TPSA) is 16.4 Å². The highest BCUT2D eigenvalue weighted by Gasteiger charge is 2.51. The highest BCUT2D eigenvalue weighted by molar-refractivity contribution is 6.13. The number of hydrogen-bond donors (Lipinski definition) is 0. The van der Waals surface area contributed by atoms with Gasteiger partial charge in [-0.15, -0.1) is 0 Å². The van der Waals surface area contributed by atoms with Gasteiger partial charge in [-0.1, -0.05) is 176 Å². The van der Waals surface area contributed by atoms with E-state index in [0.717, 1.165) is 50.1 Å². The van der Waals surface area contributed by atoms with Crippen LogP contribution in [0, 0.1) is 0 Å². The molecular formula is C59H37NO. The van der Waals surface area contributed by atoms with Gasteiger partial charge in [0, 0.05) is 33.8 Å². The van der Waals surface area contributed by atoms with Crippen LogP contribution in [0.25, 0.3) is 77.2 Å². The first kappa shape index (κ1) is 34.0. The van der Waals surface area contributed by atoms with Gasteiger partial charge in [0.1, 0.15) is 11.2 Å². The molecule has 2 heteroatoms. The van der Waals surface area contributed by atoms with Crippen molar-refractivity contribution in [3.05, 3.63) is 247 Å². The first-order valence-corrected chi connectivity index (χ1v) is 21.1. The zero-order valence-electron chi connectivity index (χ0n) is 33.2. The summed E-state index contributed by atoms with van der Waals surface area (Å²) in [7, 11) is 0. The summed E-state index contributed by atoms with van der Waals surface area (Å²) < 4.78 is 6.83. The van der Waals surface area contributed by atoms with Crippen molar-refractivity contribution >= 4 is 49.8 Å². The number of fused-ring (bicyclic) bond motifs is 14. The fourth-order valence-electron chi connectivity index (χ4n) is 10.6. The van der Waals surface area contributed by atoms with E-state index in [1.807, 2.05) is 0 Å². The van der Waals surface area contributed by atoms with Gasteiger partial charge in [-0.2, -0.15) is 0 Å². The molecule has 0 fully saturated rings. The molecule has 0 atom stereocenters. The van der Waals surface area contributed by atoms with Crippen LogP contribution < -0.4 is 4.90 Å². The van der Waals surface area contributed by atoms with Crippen molar-refractivity contribution in [3.63, 3.8) is 0 Å². The second-order valence-corrected chi connectivity index (χ2v) is 16.4. The number of benzene rings is 10. The molecule has 0 N–H and O–H groups in total. The molecule has 1 heterocycles. The molecule has 10 aromatic carbocycles. The number of nitrogens with zero attached hydrogens (tertiary/aromatic N) is 1. The van der Waals surface area contributed by atoms with E-state index in [9.17, 15) is 0 Å². The lowest BCUT2D eigenvalue weighted by Gasteiger charge is -2.32. The average molecular weight is 776 g/mol. The maximum atomic E-state index is 6.83. The Morgan fingerprint density at radius 3 is 1.43 bits per heavy atom. The summed E-state index contributed by atoms with van der Waals surface area (Å²) >= 11 is 0. The van der Waals surface area contributed by atoms with Crippen LogP contribution in [0.1, 0.15) is 22.3 Å². The predicted molar refractivity (Wildman–Crippen MR) is 253 cm³/mol. The molecule has 0 radical (unpaired) electrons. The second kappa shape index (κ2) is 13.0. The molecule has 1 aromatic heterocycles. The molecule has 0 saturated heterocycles. The first-order chi connectivity index (χ1) is 30.2. The molecule has 284 valence electrons. The molecule has 2 aliphatic carbocycles. The maximum absolute atomic E-state index is 6.83. The van der Waals surface area contributed by atoms with Crippen molar-refractivity contribution in [2.24, 2.45) is 0 Å². The third-order valence-corrected chi connectivity index (χ3v) is 13.3. The van der Waals surface area contributed by atoms with Crippen LogP contribution in [0.2, 0.25) is 0 Å². The lowest BCUT2D eigenvalue weighted by Crippen LogP contribution is -2.26. The van der Waals surface area contributed by atoms with Crippen LogP contribution >= 0.6 is 0 Å². The summed E-state index contributed by atoms with van der Waals surface area (Å²) in [5.41, 5.74) is 19.6. The van der Waals surface area contributed by atoms with Crippen LogP contribution in [0.3, 0.4) is 0 Å². The smallest absolute Gasteiger partial charge is 0.137 e. The quantitative estimate of drug-likeness (QED) is 0.173. The summed E-state index contributed by atoms with van der Waals surface area (Å²) in [6.45, 7) is 0. The van der Waals surface area contributed by atoms with Gasteiger partial charge in [-0.05, 0) is 114 Å². The lowest BCUT2D eigenvalue weighted by atomic mass is 9.70. The van der Waals surface area contributed by atoms with Gasteiger partial charge < -0.3 is 9.32 Å². The lowest BCUT2D eigenvalue weighted by molar-refractivity contribution is 0.669. The van der Waals surface area contributed by atoms with Gasteiger partial charge in [-0.25, -0.2) is 0 Å². The Morgan fingerprint density at radius 1 is 0.311 bits per heavy atom. The van der Waals surface area contributed by atoms with Gasteiger partial charge in [0.05, 0.1) is 11.1 Å². The van der Waals surface area contributed by atoms with Gasteiger partial charge >= 0.3 is 0 Å². The summed E-state index contributed by atoms with van der Waals surface area (Å²) in [5, 5.41) is 4.59. The van der Waals surface area contributed by atoms with Crippen LogP contribution in [-0.2, 0) is 5.41 Å². The normalized spacial score (nSPS) is 13.0. The molecule has 2 nitrogen and oxygen atoms in total. The van der Waals surface area contributed by atoms with Crippen molar-refractivity contribution in [2.75, 3.05) is 4.90 Å². The van der Waals surface area contributed by atoms with E-state index in [0.29, 0.717) is 0 Å². The largest absolute Gasteiger partial charge is 0.456 e. The van der Waals surface area contributed by atoms with Crippen molar-refractivity contribution in [1.29, 1.82) is 0 Å². The standard InChI is InChI=1S/C59H37NO/c1-3-15-38(16-4-1)39-27-29-43(30-28-39)60(56-37-58-51(36-49(56)40-17-5-2-6-18-40)50-33-41-19-7-8-20-42(41)34-57(50)61-58)44-31-32-48-47-23-11-14-26-54(47)59(55(48)35-44)52-24-12-9-21-45(52)46-22-10-13-25-53(46)59/h1-37H. The Labute approximate surface area is 354 Å². The van der Waals surface area contributed by atoms with Crippen LogP contribution in [0.4, 0.5) is 17.1 Å². The van der Waals surface area contributed by atoms with E-state index < -0.39 is 5.41 Å². The molecule has 61 heavy (non-hydrogen) atoms. The molecule has 0 bridgehead atoms. The van der Waals surface area contributed by atoms with Crippen LogP contribution in [0.5, 0.6) is 0 Å². The van der Waals surface area contributed by atoms with Gasteiger partial charge in [0.2, 0.25) is 0 Å². The minimum Gasteiger partial charge on any atom is -0.456 e. The zero-order chi connectivity index (χ0) is 40.1. The summed E-state index contributed by atoms with van der Waals surface area (Å²) in [6, 6.07) is 82.3. The van der Waals surface area contributed by atoms with E-state index in [-0.39, 0.29) is 0 Å². The van der Waals surface area contributed by atoms with Crippen molar-refractivity contribution in [1.82, 2.24) is 0 Å². The summed E-state index contributed by atoms with van der Waals surface area (Å²) in [5.74, 6) is 0.